The highest BCUT2D eigenvalue weighted by molar-refractivity contribution is 7.86. The number of carbonyl (C=O) groups is 1. The predicted octanol–water partition coefficient (Wildman–Crippen LogP) is 3.90. The van der Waals surface area contributed by atoms with Crippen molar-refractivity contribution in [3.8, 4) is 11.5 Å². The third kappa shape index (κ3) is 5.04. The molecule has 2 heterocycles. The second-order valence-electron chi connectivity index (χ2n) is 7.43. The van der Waals surface area contributed by atoms with Crippen LogP contribution < -0.4 is 10.9 Å². The molecule has 0 aliphatic rings. The van der Waals surface area contributed by atoms with Gasteiger partial charge in [0.15, 0.2) is 5.58 Å². The molecule has 0 atom stereocenters. The third-order valence-corrected chi connectivity index (χ3v) is 5.91. The molecule has 0 aliphatic carbocycles. The highest BCUT2D eigenvalue weighted by Gasteiger charge is 2.20. The van der Waals surface area contributed by atoms with Gasteiger partial charge < -0.3 is 19.3 Å². The standard InChI is InChI=1S/C22H20N2O8S/c25-20(26)8-2-1-5-9-23-16-12-18-13(11-19(16)33(28,29)30)10-14(22(27)32-18)21-24-15-6-3-4-7-17(15)31-21/h3-4,6-7,10-12,23H,1-2,5,8-9H2,(H,25,26)(H,28,29,30). The lowest BCUT2D eigenvalue weighted by Gasteiger charge is -2.11. The van der Waals surface area contributed by atoms with E-state index in [1.165, 1.54) is 18.2 Å². The van der Waals surface area contributed by atoms with E-state index in [9.17, 15) is 22.6 Å². The third-order valence-electron chi connectivity index (χ3n) is 5.02. The van der Waals surface area contributed by atoms with Crippen LogP contribution in [-0.2, 0) is 14.9 Å². The molecule has 3 N–H and O–H groups in total. The second-order valence-corrected chi connectivity index (χ2v) is 8.82. The number of oxazole rings is 1. The maximum absolute atomic E-state index is 12.6. The fraction of sp³-hybridized carbons (Fsp3) is 0.227. The Morgan fingerprint density at radius 3 is 2.55 bits per heavy atom. The number of carboxylic acids is 1. The second kappa shape index (κ2) is 9.04. The molecule has 0 unspecified atom stereocenters. The Hall–Kier alpha value is -3.70. The van der Waals surface area contributed by atoms with Gasteiger partial charge in [0.1, 0.15) is 21.6 Å². The van der Waals surface area contributed by atoms with E-state index >= 15 is 0 Å². The molecule has 0 saturated heterocycles. The summed E-state index contributed by atoms with van der Waals surface area (Å²) in [7, 11) is -4.59. The lowest BCUT2D eigenvalue weighted by atomic mass is 10.1. The molecular weight excluding hydrogens is 452 g/mol. The molecule has 4 aromatic rings. The summed E-state index contributed by atoms with van der Waals surface area (Å²) in [6.45, 7) is 0.332. The molecule has 0 amide bonds. The zero-order valence-electron chi connectivity index (χ0n) is 17.3. The monoisotopic (exact) mass is 472 g/mol. The number of anilines is 1. The van der Waals surface area contributed by atoms with E-state index < -0.39 is 21.7 Å². The number of nitrogens with zero attached hydrogens (tertiary/aromatic N) is 1. The molecule has 10 nitrogen and oxygen atoms in total. The molecule has 172 valence electrons. The van der Waals surface area contributed by atoms with Crippen LogP contribution in [0.15, 0.2) is 61.0 Å². The van der Waals surface area contributed by atoms with Crippen molar-refractivity contribution in [2.24, 2.45) is 0 Å². The zero-order chi connectivity index (χ0) is 23.6. The van der Waals surface area contributed by atoms with Gasteiger partial charge in [-0.15, -0.1) is 0 Å². The Labute approximate surface area is 187 Å². The number of nitrogens with one attached hydrogen (secondary N) is 1. The smallest absolute Gasteiger partial charge is 0.349 e. The molecule has 0 saturated carbocycles. The molecule has 0 aliphatic heterocycles. The van der Waals surface area contributed by atoms with Crippen molar-refractivity contribution in [3.05, 3.63) is 52.9 Å². The van der Waals surface area contributed by atoms with E-state index in [1.54, 1.807) is 24.3 Å². The first-order valence-corrected chi connectivity index (χ1v) is 11.6. The van der Waals surface area contributed by atoms with Crippen molar-refractivity contribution >= 4 is 43.8 Å². The number of aliphatic carboxylic acids is 1. The molecule has 33 heavy (non-hydrogen) atoms. The maximum Gasteiger partial charge on any atom is 0.349 e. The van der Waals surface area contributed by atoms with Crippen molar-refractivity contribution in [3.63, 3.8) is 0 Å². The topological polar surface area (TPSA) is 160 Å². The summed E-state index contributed by atoms with van der Waals surface area (Å²) < 4.78 is 44.7. The van der Waals surface area contributed by atoms with Crippen LogP contribution in [0.5, 0.6) is 0 Å². The lowest BCUT2D eigenvalue weighted by Crippen LogP contribution is -2.09. The average Bonchev–Trinajstić information content (AvgIpc) is 3.18. The van der Waals surface area contributed by atoms with Gasteiger partial charge in [-0.25, -0.2) is 9.78 Å². The van der Waals surface area contributed by atoms with E-state index in [4.69, 9.17) is 13.9 Å². The summed E-state index contributed by atoms with van der Waals surface area (Å²) in [6.07, 6.45) is 1.75. The first-order chi connectivity index (χ1) is 15.7. The van der Waals surface area contributed by atoms with E-state index in [0.29, 0.717) is 36.9 Å². The highest BCUT2D eigenvalue weighted by atomic mass is 32.2. The molecule has 4 rings (SSSR count). The van der Waals surface area contributed by atoms with Gasteiger partial charge in [0.05, 0.1) is 5.69 Å². The molecule has 0 bridgehead atoms. The number of unbranched alkanes of at least 4 members (excludes halogenated alkanes) is 2. The van der Waals surface area contributed by atoms with Gasteiger partial charge in [0.2, 0.25) is 5.89 Å². The fourth-order valence-electron chi connectivity index (χ4n) is 3.44. The number of rotatable bonds is 9. The summed E-state index contributed by atoms with van der Waals surface area (Å²) in [5.41, 5.74) is 0.510. The summed E-state index contributed by atoms with van der Waals surface area (Å²) >= 11 is 0. The number of carboxylic acid groups (broad SMARTS) is 1. The average molecular weight is 472 g/mol. The first-order valence-electron chi connectivity index (χ1n) is 10.1. The number of hydrogen-bond acceptors (Lipinski definition) is 8. The highest BCUT2D eigenvalue weighted by Crippen LogP contribution is 2.30. The van der Waals surface area contributed by atoms with Crippen molar-refractivity contribution in [2.45, 2.75) is 30.6 Å². The van der Waals surface area contributed by atoms with Crippen LogP contribution in [0.25, 0.3) is 33.5 Å². The van der Waals surface area contributed by atoms with Gasteiger partial charge >= 0.3 is 11.6 Å². The van der Waals surface area contributed by atoms with Crippen LogP contribution in [0.4, 0.5) is 5.69 Å². The van der Waals surface area contributed by atoms with E-state index in [0.717, 1.165) is 0 Å². The lowest BCUT2D eigenvalue weighted by molar-refractivity contribution is -0.137. The maximum atomic E-state index is 12.6. The Morgan fingerprint density at radius 2 is 1.82 bits per heavy atom. The van der Waals surface area contributed by atoms with E-state index in [1.807, 2.05) is 0 Å². The molecular formula is C22H20N2O8S. The van der Waals surface area contributed by atoms with Crippen molar-refractivity contribution in [2.75, 3.05) is 11.9 Å². The quantitative estimate of drug-likeness (QED) is 0.185. The number of fused-ring (bicyclic) bond motifs is 2. The van der Waals surface area contributed by atoms with Gasteiger partial charge in [-0.2, -0.15) is 8.42 Å². The summed E-state index contributed by atoms with van der Waals surface area (Å²) in [6, 6.07) is 10.9. The SMILES string of the molecule is O=C(O)CCCCCNc1cc2oc(=O)c(-c3nc4ccccc4o3)cc2cc1S(=O)(=O)O. The minimum Gasteiger partial charge on any atom is -0.481 e. The summed E-state index contributed by atoms with van der Waals surface area (Å²) in [4.78, 5) is 27.0. The Bertz CT molecular complexity index is 1470. The summed E-state index contributed by atoms with van der Waals surface area (Å²) in [5, 5.41) is 11.8. The van der Waals surface area contributed by atoms with Gasteiger partial charge in [-0.3, -0.25) is 9.35 Å². The van der Waals surface area contributed by atoms with Gasteiger partial charge in [-0.1, -0.05) is 18.6 Å². The number of aromatic nitrogens is 1. The van der Waals surface area contributed by atoms with Crippen molar-refractivity contribution in [1.29, 1.82) is 0 Å². The molecule has 0 radical (unpaired) electrons. The largest absolute Gasteiger partial charge is 0.481 e. The van der Waals surface area contributed by atoms with Crippen molar-refractivity contribution in [1.82, 2.24) is 4.98 Å². The molecule has 0 fully saturated rings. The molecule has 0 spiro atoms. The van der Waals surface area contributed by atoms with E-state index in [2.05, 4.69) is 10.3 Å². The van der Waals surface area contributed by atoms with Crippen LogP contribution >= 0.6 is 0 Å². The summed E-state index contributed by atoms with van der Waals surface area (Å²) in [5.74, 6) is -0.845. The van der Waals surface area contributed by atoms with Gasteiger partial charge in [0.25, 0.3) is 10.1 Å². The molecule has 2 aromatic heterocycles. The Morgan fingerprint density at radius 1 is 1.03 bits per heavy atom. The minimum atomic E-state index is -4.59. The zero-order valence-corrected chi connectivity index (χ0v) is 18.1. The van der Waals surface area contributed by atoms with Crippen LogP contribution in [0.3, 0.4) is 0 Å². The fourth-order valence-corrected chi connectivity index (χ4v) is 4.12. The Balaban J connectivity index is 1.67. The van der Waals surface area contributed by atoms with E-state index in [-0.39, 0.29) is 39.4 Å². The van der Waals surface area contributed by atoms with Crippen LogP contribution in [0.1, 0.15) is 25.7 Å². The molecule has 2 aromatic carbocycles. The first kappa shape index (κ1) is 22.5. The van der Waals surface area contributed by atoms with Crippen LogP contribution in [0.2, 0.25) is 0 Å². The normalized spacial score (nSPS) is 11.8. The number of para-hydroxylation sites is 2. The molecule has 11 heteroatoms. The van der Waals surface area contributed by atoms with Crippen molar-refractivity contribution < 1.29 is 31.7 Å². The number of hydrogen-bond donors (Lipinski definition) is 3. The van der Waals surface area contributed by atoms with Crippen LogP contribution in [-0.4, -0.2) is 35.6 Å². The number of benzene rings is 2. The minimum absolute atomic E-state index is 0.0131. The van der Waals surface area contributed by atoms with Gasteiger partial charge in [0, 0.05) is 24.4 Å². The predicted molar refractivity (Wildman–Crippen MR) is 120 cm³/mol. The van der Waals surface area contributed by atoms with Crippen LogP contribution in [0, 0.1) is 0 Å². The Kier molecular flexibility index (Phi) is 6.16. The van der Waals surface area contributed by atoms with Gasteiger partial charge in [-0.05, 0) is 37.1 Å².